The van der Waals surface area contributed by atoms with Crippen molar-refractivity contribution in [1.82, 2.24) is 15.3 Å². The number of fused-ring (bicyclic) bond motifs is 2. The Balaban J connectivity index is 1.34. The number of nitrogens with one attached hydrogen (secondary N) is 3. The highest BCUT2D eigenvalue weighted by Gasteiger charge is 2.41. The van der Waals surface area contributed by atoms with Crippen molar-refractivity contribution in [2.75, 3.05) is 17.2 Å². The number of alkyl carbamates (subject to hydrolysis) is 1. The monoisotopic (exact) mass is 510 g/mol. The number of ether oxygens (including phenoxy) is 1. The molecule has 2 bridgehead atoms. The van der Waals surface area contributed by atoms with Crippen LogP contribution in [0.1, 0.15) is 64.0 Å². The summed E-state index contributed by atoms with van der Waals surface area (Å²) in [4.78, 5) is 21.3. The minimum absolute atomic E-state index is 0.169. The highest BCUT2D eigenvalue weighted by Crippen LogP contribution is 2.43. The molecule has 0 saturated heterocycles. The first-order valence-corrected chi connectivity index (χ1v) is 13.1. The van der Waals surface area contributed by atoms with Gasteiger partial charge in [0.25, 0.3) is 0 Å². The third kappa shape index (κ3) is 7.01. The van der Waals surface area contributed by atoms with Gasteiger partial charge in [0.1, 0.15) is 23.1 Å². The Hall–Kier alpha value is -3.05. The quantitative estimate of drug-likeness (QED) is 0.435. The molecule has 4 atom stereocenters. The number of hydrogen-bond donors (Lipinski definition) is 3. The van der Waals surface area contributed by atoms with Crippen LogP contribution in [0.3, 0.4) is 0 Å². The van der Waals surface area contributed by atoms with Gasteiger partial charge in [-0.2, -0.15) is 10.2 Å². The molecule has 0 aliphatic heterocycles. The van der Waals surface area contributed by atoms with E-state index in [0.29, 0.717) is 46.7 Å². The van der Waals surface area contributed by atoms with Gasteiger partial charge in [0.2, 0.25) is 5.95 Å². The molecule has 2 aromatic rings. The van der Waals surface area contributed by atoms with Gasteiger partial charge in [0, 0.05) is 24.2 Å². The van der Waals surface area contributed by atoms with Gasteiger partial charge in [-0.15, -0.1) is 0 Å². The first kappa shape index (κ1) is 26.0. The zero-order valence-electron chi connectivity index (χ0n) is 21.2. The second-order valence-electron chi connectivity index (χ2n) is 10.9. The third-order valence-corrected chi connectivity index (χ3v) is 7.20. The van der Waals surface area contributed by atoms with Crippen molar-refractivity contribution in [3.63, 3.8) is 0 Å². The van der Waals surface area contributed by atoms with Gasteiger partial charge in [-0.05, 0) is 81.9 Å². The first-order valence-electron chi connectivity index (χ1n) is 12.7. The Morgan fingerprint density at radius 3 is 2.50 bits per heavy atom. The SMILES string of the molecule is CC(C)(C)OC(=O)NC1[C@@H]2CCC[C@H]1CC(CNc1nc(NCc3ccc(Cl)cc3)ncc1C#N)C2. The smallest absolute Gasteiger partial charge is 0.407 e. The second kappa shape index (κ2) is 11.3. The van der Waals surface area contributed by atoms with Gasteiger partial charge in [-0.25, -0.2) is 9.78 Å². The molecule has 2 fully saturated rings. The Morgan fingerprint density at radius 1 is 1.17 bits per heavy atom. The molecular weight excluding hydrogens is 476 g/mol. The number of nitrogens with zero attached hydrogens (tertiary/aromatic N) is 3. The van der Waals surface area contributed by atoms with Crippen molar-refractivity contribution in [2.45, 2.75) is 71.1 Å². The maximum atomic E-state index is 12.4. The fraction of sp³-hybridized carbons (Fsp3) is 0.556. The average molecular weight is 511 g/mol. The predicted molar refractivity (Wildman–Crippen MR) is 141 cm³/mol. The maximum Gasteiger partial charge on any atom is 0.407 e. The summed E-state index contributed by atoms with van der Waals surface area (Å²) in [5, 5.41) is 20.0. The van der Waals surface area contributed by atoms with Crippen LogP contribution in [-0.4, -0.2) is 34.2 Å². The molecule has 192 valence electrons. The fourth-order valence-electron chi connectivity index (χ4n) is 5.42. The van der Waals surface area contributed by atoms with Crippen molar-refractivity contribution in [3.05, 3.63) is 46.6 Å². The molecule has 4 rings (SSSR count). The highest BCUT2D eigenvalue weighted by molar-refractivity contribution is 6.30. The molecule has 2 aliphatic carbocycles. The van der Waals surface area contributed by atoms with Gasteiger partial charge < -0.3 is 20.7 Å². The van der Waals surface area contributed by atoms with Gasteiger partial charge >= 0.3 is 6.09 Å². The number of halogens is 1. The van der Waals surface area contributed by atoms with E-state index in [-0.39, 0.29) is 12.1 Å². The number of rotatable bonds is 7. The number of aromatic nitrogens is 2. The number of anilines is 2. The zero-order valence-corrected chi connectivity index (χ0v) is 21.9. The van der Waals surface area contributed by atoms with E-state index in [2.05, 4.69) is 32.0 Å². The van der Waals surface area contributed by atoms with Crippen molar-refractivity contribution >= 4 is 29.5 Å². The van der Waals surface area contributed by atoms with Gasteiger partial charge in [-0.3, -0.25) is 0 Å². The normalized spacial score (nSPS) is 23.3. The summed E-state index contributed by atoms with van der Waals surface area (Å²) in [5.74, 6) is 2.34. The molecule has 1 heterocycles. The Labute approximate surface area is 218 Å². The van der Waals surface area contributed by atoms with Crippen LogP contribution >= 0.6 is 11.6 Å². The van der Waals surface area contributed by atoms with E-state index in [4.69, 9.17) is 16.3 Å². The minimum Gasteiger partial charge on any atom is -0.444 e. The summed E-state index contributed by atoms with van der Waals surface area (Å²) in [5.41, 5.74) is 0.983. The maximum absolute atomic E-state index is 12.4. The summed E-state index contributed by atoms with van der Waals surface area (Å²) >= 11 is 5.96. The summed E-state index contributed by atoms with van der Waals surface area (Å²) in [7, 11) is 0. The molecule has 2 saturated carbocycles. The number of benzene rings is 1. The third-order valence-electron chi connectivity index (χ3n) is 6.95. The Kier molecular flexibility index (Phi) is 8.20. The van der Waals surface area contributed by atoms with Crippen molar-refractivity contribution in [1.29, 1.82) is 5.26 Å². The van der Waals surface area contributed by atoms with Crippen LogP contribution in [0.4, 0.5) is 16.6 Å². The van der Waals surface area contributed by atoms with Crippen LogP contribution in [0.15, 0.2) is 30.5 Å². The molecule has 2 unspecified atom stereocenters. The summed E-state index contributed by atoms with van der Waals surface area (Å²) in [6.07, 6.45) is 6.72. The van der Waals surface area contributed by atoms with E-state index in [1.807, 2.05) is 45.0 Å². The summed E-state index contributed by atoms with van der Waals surface area (Å²) in [6.45, 7) is 6.95. The van der Waals surface area contributed by atoms with Crippen LogP contribution in [0.25, 0.3) is 0 Å². The Morgan fingerprint density at radius 2 is 1.86 bits per heavy atom. The van der Waals surface area contributed by atoms with Gasteiger partial charge in [0.15, 0.2) is 0 Å². The highest BCUT2D eigenvalue weighted by atomic mass is 35.5. The van der Waals surface area contributed by atoms with E-state index in [1.54, 1.807) is 6.20 Å². The molecule has 0 spiro atoms. The first-order chi connectivity index (χ1) is 17.2. The van der Waals surface area contributed by atoms with E-state index in [9.17, 15) is 10.1 Å². The lowest BCUT2D eigenvalue weighted by molar-refractivity contribution is 0.0324. The molecule has 1 aromatic heterocycles. The molecule has 3 N–H and O–H groups in total. The standard InChI is InChI=1S/C27H35ClN6O2/c1-27(2,3)36-26(35)33-23-19-5-4-6-20(23)12-18(11-19)15-30-24-21(13-29)16-32-25(34-24)31-14-17-7-9-22(28)10-8-17/h7-10,16,18-20,23H,4-6,11-12,14-15H2,1-3H3,(H,33,35)(H2,30,31,32,34)/t18?,19-,20+,23?. The largest absolute Gasteiger partial charge is 0.444 e. The summed E-state index contributed by atoms with van der Waals surface area (Å²) in [6, 6.07) is 9.94. The molecule has 2 aliphatic rings. The Bertz CT molecular complexity index is 1080. The number of carbonyl (C=O) groups is 1. The molecular formula is C27H35ClN6O2. The zero-order chi connectivity index (χ0) is 25.7. The molecule has 1 aromatic carbocycles. The lowest BCUT2D eigenvalue weighted by Crippen LogP contribution is -2.52. The number of hydrogen-bond acceptors (Lipinski definition) is 7. The number of carbonyl (C=O) groups excluding carboxylic acids is 1. The van der Waals surface area contributed by atoms with Crippen LogP contribution < -0.4 is 16.0 Å². The van der Waals surface area contributed by atoms with Crippen molar-refractivity contribution < 1.29 is 9.53 Å². The van der Waals surface area contributed by atoms with Crippen molar-refractivity contribution in [3.8, 4) is 6.07 Å². The minimum atomic E-state index is -0.501. The second-order valence-corrected chi connectivity index (χ2v) is 11.3. The van der Waals surface area contributed by atoms with E-state index in [1.165, 1.54) is 6.42 Å². The van der Waals surface area contributed by atoms with E-state index < -0.39 is 5.60 Å². The lowest BCUT2D eigenvalue weighted by Gasteiger charge is -2.46. The molecule has 1 amide bonds. The average Bonchev–Trinajstić information content (AvgIpc) is 2.81. The number of amides is 1. The van der Waals surface area contributed by atoms with Crippen LogP contribution in [-0.2, 0) is 11.3 Å². The fourth-order valence-corrected chi connectivity index (χ4v) is 5.55. The van der Waals surface area contributed by atoms with Gasteiger partial charge in [-0.1, -0.05) is 30.2 Å². The van der Waals surface area contributed by atoms with Gasteiger partial charge in [0.05, 0.1) is 6.20 Å². The molecule has 36 heavy (non-hydrogen) atoms. The van der Waals surface area contributed by atoms with Crippen LogP contribution in [0.5, 0.6) is 0 Å². The molecule has 9 heteroatoms. The topological polar surface area (TPSA) is 112 Å². The predicted octanol–water partition coefficient (Wildman–Crippen LogP) is 5.75. The van der Waals surface area contributed by atoms with E-state index >= 15 is 0 Å². The summed E-state index contributed by atoms with van der Waals surface area (Å²) < 4.78 is 5.51. The van der Waals surface area contributed by atoms with E-state index in [0.717, 1.165) is 37.8 Å². The number of nitriles is 1. The lowest BCUT2D eigenvalue weighted by atomic mass is 9.64. The molecule has 0 radical (unpaired) electrons. The molecule has 8 nitrogen and oxygen atoms in total. The van der Waals surface area contributed by atoms with Crippen LogP contribution in [0, 0.1) is 29.1 Å². The van der Waals surface area contributed by atoms with Crippen molar-refractivity contribution in [2.24, 2.45) is 17.8 Å². The van der Waals surface area contributed by atoms with Crippen LogP contribution in [0.2, 0.25) is 5.02 Å².